The summed E-state index contributed by atoms with van der Waals surface area (Å²) < 4.78 is 0. The number of pyridine rings is 3. The summed E-state index contributed by atoms with van der Waals surface area (Å²) in [6.45, 7) is 3.77. The largest absolute Gasteiger partial charge is 0.335 e. The Morgan fingerprint density at radius 2 is 2.07 bits per heavy atom. The van der Waals surface area contributed by atoms with Crippen molar-refractivity contribution in [2.75, 3.05) is 5.32 Å². The lowest BCUT2D eigenvalue weighted by atomic mass is 10.1. The molecule has 0 fully saturated rings. The zero-order valence-electron chi connectivity index (χ0n) is 16.0. The van der Waals surface area contributed by atoms with Gasteiger partial charge in [-0.1, -0.05) is 12.1 Å². The summed E-state index contributed by atoms with van der Waals surface area (Å²) in [6.07, 6.45) is 6.86. The van der Waals surface area contributed by atoms with E-state index in [4.69, 9.17) is 10.1 Å². The fourth-order valence-corrected chi connectivity index (χ4v) is 2.49. The monoisotopic (exact) mass is 386 g/mol. The second-order valence-corrected chi connectivity index (χ2v) is 6.03. The highest BCUT2D eigenvalue weighted by molar-refractivity contribution is 6.05. The summed E-state index contributed by atoms with van der Waals surface area (Å²) in [5.41, 5.74) is 2.99. The molecular weight excluding hydrogens is 368 g/mol. The smallest absolute Gasteiger partial charge is 0.266 e. The number of oxime groups is 1. The molecule has 1 amide bonds. The molecule has 144 valence electrons. The predicted octanol–water partition coefficient (Wildman–Crippen LogP) is 3.50. The zero-order chi connectivity index (χ0) is 20.6. The van der Waals surface area contributed by atoms with E-state index in [1.165, 1.54) is 12.4 Å². The number of hydrogen-bond acceptors (Lipinski definition) is 7. The zero-order valence-corrected chi connectivity index (χ0v) is 16.0. The first-order valence-electron chi connectivity index (χ1n) is 8.89. The van der Waals surface area contributed by atoms with Crippen molar-refractivity contribution in [3.05, 3.63) is 77.4 Å². The Morgan fingerprint density at radius 1 is 1.21 bits per heavy atom. The number of carbonyl (C=O) groups excluding carboxylic acids is 1. The minimum Gasteiger partial charge on any atom is -0.335 e. The maximum Gasteiger partial charge on any atom is 0.266 e. The van der Waals surface area contributed by atoms with E-state index in [2.05, 4.69) is 25.4 Å². The summed E-state index contributed by atoms with van der Waals surface area (Å²) in [5, 5.41) is 16.0. The van der Waals surface area contributed by atoms with Crippen molar-refractivity contribution >= 4 is 17.4 Å². The molecule has 3 aromatic heterocycles. The van der Waals surface area contributed by atoms with Crippen LogP contribution in [0.15, 0.2) is 60.3 Å². The fraction of sp³-hybridized carbons (Fsp3) is 0.143. The highest BCUT2D eigenvalue weighted by Crippen LogP contribution is 2.15. The van der Waals surface area contributed by atoms with E-state index in [1.807, 2.05) is 19.9 Å². The molecule has 0 saturated carbocycles. The molecular formula is C21H18N6O2. The van der Waals surface area contributed by atoms with Crippen molar-refractivity contribution in [2.24, 2.45) is 5.16 Å². The first-order chi connectivity index (χ1) is 14.1. The van der Waals surface area contributed by atoms with Crippen LogP contribution in [0.4, 0.5) is 5.82 Å². The molecule has 0 spiro atoms. The Hall–Kier alpha value is -4.12. The lowest BCUT2D eigenvalue weighted by Gasteiger charge is -2.08. The van der Waals surface area contributed by atoms with E-state index < -0.39 is 0 Å². The standard InChI is InChI=1S/C21H18N6O2/c1-3-18(27-29-21-15(11-22)5-4-9-24-21)16-6-7-19(25-12-16)26-20(28)17-13-23-10-8-14(17)2/h4-10,12-13H,3H2,1-2H3,(H,25,26,28)/b27-18+. The van der Waals surface area contributed by atoms with Gasteiger partial charge in [0.25, 0.3) is 11.8 Å². The maximum atomic E-state index is 12.4. The number of aromatic nitrogens is 3. The second kappa shape index (κ2) is 9.19. The Balaban J connectivity index is 1.73. The molecule has 0 aliphatic carbocycles. The van der Waals surface area contributed by atoms with Gasteiger partial charge in [0.15, 0.2) is 0 Å². The van der Waals surface area contributed by atoms with Crippen LogP contribution >= 0.6 is 0 Å². The number of carbonyl (C=O) groups is 1. The number of rotatable bonds is 6. The van der Waals surface area contributed by atoms with Crippen LogP contribution in [0, 0.1) is 18.3 Å². The highest BCUT2D eigenvalue weighted by atomic mass is 16.6. The molecule has 0 aromatic carbocycles. The molecule has 3 heterocycles. The van der Waals surface area contributed by atoms with Crippen LogP contribution in [0.5, 0.6) is 5.88 Å². The predicted molar refractivity (Wildman–Crippen MR) is 108 cm³/mol. The van der Waals surface area contributed by atoms with E-state index in [1.54, 1.807) is 42.7 Å². The number of anilines is 1. The van der Waals surface area contributed by atoms with E-state index >= 15 is 0 Å². The molecule has 0 saturated heterocycles. The summed E-state index contributed by atoms with van der Waals surface area (Å²) >= 11 is 0. The van der Waals surface area contributed by atoms with E-state index in [0.717, 1.165) is 11.1 Å². The van der Waals surface area contributed by atoms with Gasteiger partial charge in [0.05, 0.1) is 11.3 Å². The highest BCUT2D eigenvalue weighted by Gasteiger charge is 2.11. The summed E-state index contributed by atoms with van der Waals surface area (Å²) in [6, 6.07) is 10.5. The number of hydrogen-bond donors (Lipinski definition) is 1. The number of nitrogens with zero attached hydrogens (tertiary/aromatic N) is 5. The van der Waals surface area contributed by atoms with Gasteiger partial charge < -0.3 is 10.2 Å². The molecule has 0 atom stereocenters. The summed E-state index contributed by atoms with van der Waals surface area (Å²) in [5.74, 6) is 0.280. The van der Waals surface area contributed by atoms with E-state index in [0.29, 0.717) is 29.1 Å². The quantitative estimate of drug-likeness (QED) is 0.512. The molecule has 0 unspecified atom stereocenters. The average molecular weight is 386 g/mol. The number of amides is 1. The molecule has 29 heavy (non-hydrogen) atoms. The van der Waals surface area contributed by atoms with E-state index in [-0.39, 0.29) is 11.8 Å². The van der Waals surface area contributed by atoms with E-state index in [9.17, 15) is 4.79 Å². The second-order valence-electron chi connectivity index (χ2n) is 6.03. The van der Waals surface area contributed by atoms with Gasteiger partial charge in [0.1, 0.15) is 17.5 Å². The average Bonchev–Trinajstić information content (AvgIpc) is 2.75. The third-order valence-corrected chi connectivity index (χ3v) is 4.09. The minimum atomic E-state index is -0.275. The molecule has 0 aliphatic heterocycles. The lowest BCUT2D eigenvalue weighted by molar-refractivity contribution is 0.102. The number of nitrogens with one attached hydrogen (secondary N) is 1. The number of nitriles is 1. The maximum absolute atomic E-state index is 12.4. The molecule has 0 aliphatic rings. The Morgan fingerprint density at radius 3 is 2.76 bits per heavy atom. The van der Waals surface area contributed by atoms with Crippen molar-refractivity contribution in [1.82, 2.24) is 15.0 Å². The third-order valence-electron chi connectivity index (χ3n) is 4.09. The van der Waals surface area contributed by atoms with Crippen LogP contribution in [-0.4, -0.2) is 26.6 Å². The minimum absolute atomic E-state index is 0.143. The van der Waals surface area contributed by atoms with Crippen LogP contribution in [0.25, 0.3) is 0 Å². The van der Waals surface area contributed by atoms with Gasteiger partial charge in [-0.15, -0.1) is 0 Å². The fourth-order valence-electron chi connectivity index (χ4n) is 2.49. The topological polar surface area (TPSA) is 113 Å². The van der Waals surface area contributed by atoms with Crippen molar-refractivity contribution in [2.45, 2.75) is 20.3 Å². The van der Waals surface area contributed by atoms with Gasteiger partial charge in [-0.05, 0) is 49.2 Å². The molecule has 0 radical (unpaired) electrons. The first kappa shape index (κ1) is 19.6. The van der Waals surface area contributed by atoms with Gasteiger partial charge in [-0.2, -0.15) is 5.26 Å². The van der Waals surface area contributed by atoms with Crippen molar-refractivity contribution in [1.29, 1.82) is 5.26 Å². The molecule has 0 bridgehead atoms. The van der Waals surface area contributed by atoms with Crippen LogP contribution in [-0.2, 0) is 0 Å². The summed E-state index contributed by atoms with van der Waals surface area (Å²) in [4.78, 5) is 30.0. The molecule has 8 heteroatoms. The molecule has 3 rings (SSSR count). The summed E-state index contributed by atoms with van der Waals surface area (Å²) in [7, 11) is 0. The third kappa shape index (κ3) is 4.78. The van der Waals surface area contributed by atoms with Crippen molar-refractivity contribution in [3.8, 4) is 11.9 Å². The lowest BCUT2D eigenvalue weighted by Crippen LogP contribution is -2.15. The van der Waals surface area contributed by atoms with Gasteiger partial charge >= 0.3 is 0 Å². The van der Waals surface area contributed by atoms with Crippen molar-refractivity contribution < 1.29 is 9.63 Å². The normalized spacial score (nSPS) is 10.9. The molecule has 8 nitrogen and oxygen atoms in total. The van der Waals surface area contributed by atoms with Crippen LogP contribution in [0.1, 0.15) is 40.4 Å². The first-order valence-corrected chi connectivity index (χ1v) is 8.89. The van der Waals surface area contributed by atoms with Gasteiger partial charge in [0, 0.05) is 30.4 Å². The van der Waals surface area contributed by atoms with Gasteiger partial charge in [-0.25, -0.2) is 9.97 Å². The van der Waals surface area contributed by atoms with Gasteiger partial charge in [0.2, 0.25) is 0 Å². The molecule has 1 N–H and O–H groups in total. The van der Waals surface area contributed by atoms with Crippen LogP contribution in [0.2, 0.25) is 0 Å². The van der Waals surface area contributed by atoms with Crippen molar-refractivity contribution in [3.63, 3.8) is 0 Å². The van der Waals surface area contributed by atoms with Crippen LogP contribution in [0.3, 0.4) is 0 Å². The Bertz CT molecular complexity index is 1090. The molecule has 3 aromatic rings. The SMILES string of the molecule is CC/C(=N\Oc1ncccc1C#N)c1ccc(NC(=O)c2cnccc2C)nc1. The van der Waals surface area contributed by atoms with Gasteiger partial charge in [-0.3, -0.25) is 9.78 Å². The number of aryl methyl sites for hydroxylation is 1. The Kier molecular flexibility index (Phi) is 6.22. The van der Waals surface area contributed by atoms with Crippen LogP contribution < -0.4 is 10.2 Å². The Labute approximate surface area is 167 Å².